The molecule has 0 fully saturated rings. The Morgan fingerprint density at radius 2 is 1.82 bits per heavy atom. The van der Waals surface area contributed by atoms with Crippen molar-refractivity contribution in [1.29, 1.82) is 0 Å². The molecule has 206 valence electrons. The van der Waals surface area contributed by atoms with Gasteiger partial charge in [-0.15, -0.1) is 0 Å². The van der Waals surface area contributed by atoms with Crippen LogP contribution in [0.3, 0.4) is 0 Å². The molecule has 0 saturated carbocycles. The number of aromatic nitrogens is 2. The summed E-state index contributed by atoms with van der Waals surface area (Å²) in [5.74, 6) is -2.61. The number of rotatable bonds is 8. The van der Waals surface area contributed by atoms with Crippen LogP contribution in [0.15, 0.2) is 53.7 Å². The number of sulfonamides is 1. The van der Waals surface area contributed by atoms with E-state index in [1.54, 1.807) is 10.8 Å². The number of alkyl halides is 3. The third kappa shape index (κ3) is 6.01. The van der Waals surface area contributed by atoms with Crippen molar-refractivity contribution >= 4 is 32.2 Å². The highest BCUT2D eigenvalue weighted by molar-refractivity contribution is 7.92. The zero-order valence-electron chi connectivity index (χ0n) is 19.5. The van der Waals surface area contributed by atoms with Crippen molar-refractivity contribution in [1.82, 2.24) is 9.97 Å². The molecule has 0 spiro atoms. The number of phenols is 1. The van der Waals surface area contributed by atoms with Crippen LogP contribution in [0.25, 0.3) is 11.3 Å². The van der Waals surface area contributed by atoms with Crippen LogP contribution in [0.4, 0.5) is 37.2 Å². The van der Waals surface area contributed by atoms with Crippen molar-refractivity contribution in [3.63, 3.8) is 0 Å². The Labute approximate surface area is 221 Å². The molecular formula is C23H16F6N4O4S2. The molecule has 0 amide bonds. The van der Waals surface area contributed by atoms with Crippen LogP contribution in [0.2, 0.25) is 0 Å². The van der Waals surface area contributed by atoms with Gasteiger partial charge in [0, 0.05) is 17.7 Å². The van der Waals surface area contributed by atoms with Gasteiger partial charge in [0.1, 0.15) is 5.69 Å². The first-order valence-corrected chi connectivity index (χ1v) is 12.9. The van der Waals surface area contributed by atoms with Gasteiger partial charge in [-0.25, -0.2) is 18.7 Å². The lowest BCUT2D eigenvalue weighted by molar-refractivity contribution is -0.140. The zero-order valence-corrected chi connectivity index (χ0v) is 21.1. The number of benzene rings is 2. The Morgan fingerprint density at radius 3 is 2.49 bits per heavy atom. The summed E-state index contributed by atoms with van der Waals surface area (Å²) in [6.07, 6.45) is -4.34. The summed E-state index contributed by atoms with van der Waals surface area (Å²) in [6.45, 7) is -0.155. The zero-order chi connectivity index (χ0) is 28.5. The largest absolute Gasteiger partial charge is 0.504 e. The maximum atomic E-state index is 14.4. The van der Waals surface area contributed by atoms with Gasteiger partial charge in [0.15, 0.2) is 33.3 Å². The fraction of sp³-hybridized carbons (Fsp3) is 0.130. The molecule has 2 heterocycles. The van der Waals surface area contributed by atoms with Gasteiger partial charge in [-0.3, -0.25) is 4.72 Å². The molecule has 0 aliphatic heterocycles. The van der Waals surface area contributed by atoms with Crippen molar-refractivity contribution in [2.24, 2.45) is 0 Å². The molecule has 8 nitrogen and oxygen atoms in total. The van der Waals surface area contributed by atoms with Gasteiger partial charge in [0.05, 0.1) is 24.6 Å². The van der Waals surface area contributed by atoms with Crippen LogP contribution in [0, 0.1) is 16.8 Å². The van der Waals surface area contributed by atoms with E-state index in [9.17, 15) is 39.9 Å². The molecule has 0 atom stereocenters. The molecule has 2 aromatic carbocycles. The summed E-state index contributed by atoms with van der Waals surface area (Å²) in [5, 5.41) is 9.60. The number of hydrogen-bond acceptors (Lipinski definition) is 8. The summed E-state index contributed by atoms with van der Waals surface area (Å²) < 4.78 is 115. The van der Waals surface area contributed by atoms with Crippen molar-refractivity contribution in [3.05, 3.63) is 76.6 Å². The molecule has 16 heteroatoms. The number of pyridine rings is 1. The minimum absolute atomic E-state index is 0.128. The smallest absolute Gasteiger partial charge is 0.419 e. The molecule has 4 rings (SSSR count). The molecule has 0 bridgehead atoms. The lowest BCUT2D eigenvalue weighted by Gasteiger charge is -2.15. The normalized spacial score (nSPS) is 11.9. The first kappa shape index (κ1) is 28.0. The number of thiazole rings is 1. The topological polar surface area (TPSA) is 113 Å². The van der Waals surface area contributed by atoms with Gasteiger partial charge >= 0.3 is 6.18 Å². The second kappa shape index (κ2) is 10.6. The minimum atomic E-state index is -5.17. The van der Waals surface area contributed by atoms with Crippen LogP contribution in [0.5, 0.6) is 11.5 Å². The highest BCUT2D eigenvalue weighted by Crippen LogP contribution is 2.37. The first-order chi connectivity index (χ1) is 18.3. The number of phenolic OH excluding ortho intramolecular Hbond substituents is 1. The predicted octanol–water partition coefficient (Wildman–Crippen LogP) is 5.77. The van der Waals surface area contributed by atoms with Crippen LogP contribution in [0.1, 0.15) is 11.1 Å². The Bertz CT molecular complexity index is 1640. The fourth-order valence-corrected chi connectivity index (χ4v) is 5.46. The third-order valence-electron chi connectivity index (χ3n) is 5.20. The number of para-hydroxylation sites is 1. The van der Waals surface area contributed by atoms with E-state index in [1.165, 1.54) is 19.2 Å². The molecule has 0 aliphatic rings. The third-order valence-corrected chi connectivity index (χ3v) is 7.38. The lowest BCUT2D eigenvalue weighted by atomic mass is 10.1. The summed E-state index contributed by atoms with van der Waals surface area (Å²) in [6, 6.07) is 7.36. The number of nitrogens with one attached hydrogen (secondary N) is 2. The molecule has 3 N–H and O–H groups in total. The number of aromatic hydroxyl groups is 1. The van der Waals surface area contributed by atoms with Crippen LogP contribution >= 0.6 is 11.3 Å². The van der Waals surface area contributed by atoms with E-state index >= 15 is 0 Å². The van der Waals surface area contributed by atoms with Gasteiger partial charge in [-0.1, -0.05) is 23.5 Å². The molecule has 0 aliphatic carbocycles. The predicted molar refractivity (Wildman–Crippen MR) is 129 cm³/mol. The average Bonchev–Trinajstić information content (AvgIpc) is 3.23. The van der Waals surface area contributed by atoms with E-state index in [0.29, 0.717) is 18.2 Å². The Kier molecular flexibility index (Phi) is 7.61. The van der Waals surface area contributed by atoms with Crippen LogP contribution in [-0.2, 0) is 22.7 Å². The van der Waals surface area contributed by atoms with Crippen molar-refractivity contribution in [2.45, 2.75) is 17.7 Å². The SMILES string of the molecule is COc1cccc(CNc2cnc(S(=O)(=O)Nc3nc(-c4ccc(F)c(F)c4)c(F)s3)c(C(F)(F)F)c2)c1O. The second-order valence-electron chi connectivity index (χ2n) is 7.77. The van der Waals surface area contributed by atoms with Gasteiger partial charge < -0.3 is 15.2 Å². The number of methoxy groups -OCH3 is 1. The highest BCUT2D eigenvalue weighted by Gasteiger charge is 2.39. The number of nitrogens with zero attached hydrogens (tertiary/aromatic N) is 2. The quantitative estimate of drug-likeness (QED) is 0.224. The van der Waals surface area contributed by atoms with E-state index < -0.39 is 54.4 Å². The number of halogens is 6. The van der Waals surface area contributed by atoms with Crippen molar-refractivity contribution < 1.29 is 44.6 Å². The van der Waals surface area contributed by atoms with Gasteiger partial charge in [-0.2, -0.15) is 26.0 Å². The molecule has 39 heavy (non-hydrogen) atoms. The maximum absolute atomic E-state index is 14.4. The molecule has 0 unspecified atom stereocenters. The molecule has 2 aromatic heterocycles. The number of anilines is 2. The maximum Gasteiger partial charge on any atom is 0.419 e. The monoisotopic (exact) mass is 590 g/mol. The second-order valence-corrected chi connectivity index (χ2v) is 10.3. The van der Waals surface area contributed by atoms with E-state index in [0.717, 1.165) is 12.3 Å². The summed E-state index contributed by atoms with van der Waals surface area (Å²) in [4.78, 5) is 7.13. The summed E-state index contributed by atoms with van der Waals surface area (Å²) in [5.41, 5.74) is -2.33. The van der Waals surface area contributed by atoms with E-state index in [4.69, 9.17) is 4.74 Å². The van der Waals surface area contributed by atoms with Gasteiger partial charge in [-0.05, 0) is 30.3 Å². The molecule has 0 radical (unpaired) electrons. The number of hydrogen-bond donors (Lipinski definition) is 3. The van der Waals surface area contributed by atoms with Crippen LogP contribution < -0.4 is 14.8 Å². The van der Waals surface area contributed by atoms with Gasteiger partial charge in [0.2, 0.25) is 5.13 Å². The Hall–Kier alpha value is -4.05. The average molecular weight is 591 g/mol. The Morgan fingerprint density at radius 1 is 1.08 bits per heavy atom. The molecule has 0 saturated heterocycles. The first-order valence-electron chi connectivity index (χ1n) is 10.6. The van der Waals surface area contributed by atoms with E-state index in [-0.39, 0.29) is 46.2 Å². The number of ether oxygens (including phenoxy) is 1. The van der Waals surface area contributed by atoms with Crippen LogP contribution in [-0.4, -0.2) is 30.6 Å². The van der Waals surface area contributed by atoms with E-state index in [2.05, 4.69) is 15.3 Å². The molecule has 4 aromatic rings. The summed E-state index contributed by atoms with van der Waals surface area (Å²) in [7, 11) is -3.72. The fourth-order valence-electron chi connectivity index (χ4n) is 3.37. The van der Waals surface area contributed by atoms with Crippen molar-refractivity contribution in [3.8, 4) is 22.8 Å². The standard InChI is InChI=1S/C23H16F6N4O4S2/c1-37-17-4-2-3-12(19(17)34)9-30-13-8-14(23(27,28)29)21(31-10-13)39(35,36)33-22-32-18(20(26)38-22)11-5-6-15(24)16(25)7-11/h2-8,10,30,34H,9H2,1H3,(H,32,33). The highest BCUT2D eigenvalue weighted by atomic mass is 32.2. The Balaban J connectivity index is 1.62. The van der Waals surface area contributed by atoms with E-state index in [1.807, 2.05) is 0 Å². The minimum Gasteiger partial charge on any atom is -0.504 e. The van der Waals surface area contributed by atoms with Gasteiger partial charge in [0.25, 0.3) is 10.0 Å². The van der Waals surface area contributed by atoms with Crippen molar-refractivity contribution in [2.75, 3.05) is 17.1 Å². The lowest BCUT2D eigenvalue weighted by Crippen LogP contribution is -2.21. The summed E-state index contributed by atoms with van der Waals surface area (Å²) >= 11 is 0.128. The molecular weight excluding hydrogens is 574 g/mol.